The van der Waals surface area contributed by atoms with E-state index in [1.807, 2.05) is 0 Å². The lowest BCUT2D eigenvalue weighted by molar-refractivity contribution is 0.332. The number of rotatable bonds is 2. The molecular formula is C59H71BN2. The maximum absolute atomic E-state index is 2.74. The Morgan fingerprint density at radius 3 is 1.42 bits per heavy atom. The quantitative estimate of drug-likeness (QED) is 0.160. The molecule has 0 amide bonds. The SMILES string of the molecule is Cc1cc2c3c(c1)N(c1ccc4c(c1)C(C)(C)CCC4(C)C)c1cc4c(cc1B3c1cc3c(cc1N2c1ccc2c(c1)CCCCCC2)CCCCCC3)C(C)(C)CCC4(C)C. The molecule has 6 aliphatic rings. The molecule has 320 valence electrons. The molecule has 62 heavy (non-hydrogen) atoms. The molecule has 0 N–H and O–H groups in total. The summed E-state index contributed by atoms with van der Waals surface area (Å²) >= 11 is 0. The van der Waals surface area contributed by atoms with E-state index in [2.05, 4.69) is 145 Å². The van der Waals surface area contributed by atoms with Crippen molar-refractivity contribution in [3.63, 3.8) is 0 Å². The summed E-state index contributed by atoms with van der Waals surface area (Å²) in [5, 5.41) is 0. The van der Waals surface area contributed by atoms with Gasteiger partial charge in [0, 0.05) is 34.1 Å². The van der Waals surface area contributed by atoms with Crippen molar-refractivity contribution in [1.82, 2.24) is 0 Å². The zero-order chi connectivity index (χ0) is 42.9. The number of nitrogens with zero attached hydrogens (tertiary/aromatic N) is 2. The molecule has 5 aromatic rings. The summed E-state index contributed by atoms with van der Waals surface area (Å²) in [5.74, 6) is 0. The van der Waals surface area contributed by atoms with E-state index in [0.29, 0.717) is 0 Å². The van der Waals surface area contributed by atoms with Gasteiger partial charge in [-0.25, -0.2) is 0 Å². The van der Waals surface area contributed by atoms with Gasteiger partial charge in [-0.2, -0.15) is 0 Å². The molecule has 0 spiro atoms. The number of aryl methyl sites for hydroxylation is 5. The van der Waals surface area contributed by atoms with Crippen LogP contribution in [0.4, 0.5) is 34.1 Å². The molecule has 3 heteroatoms. The standard InChI is InChI=1S/C59H71BN2/c1-38-30-53-55-54(31-38)62(44-24-25-45-46(35-44)57(4,5)27-26-56(45,2)3)52-37-48-47(58(6,7)28-29-59(48,8)9)36-50(52)60(55)49-33-41-20-16-12-13-17-21-42(41)34-51(49)61(53)43-23-22-39-18-14-10-11-15-19-40(39)32-43/h22-25,30-37H,10-21,26-29H2,1-9H3. The van der Waals surface area contributed by atoms with Gasteiger partial charge in [0.2, 0.25) is 0 Å². The smallest absolute Gasteiger partial charge is 0.252 e. The third-order valence-corrected chi connectivity index (χ3v) is 17.3. The Morgan fingerprint density at radius 1 is 0.387 bits per heavy atom. The van der Waals surface area contributed by atoms with Crippen LogP contribution >= 0.6 is 0 Å². The average molecular weight is 819 g/mol. The van der Waals surface area contributed by atoms with Crippen LogP contribution in [-0.2, 0) is 47.3 Å². The number of benzene rings is 5. The maximum Gasteiger partial charge on any atom is 0.252 e. The van der Waals surface area contributed by atoms with E-state index < -0.39 is 0 Å². The van der Waals surface area contributed by atoms with Gasteiger partial charge >= 0.3 is 0 Å². The predicted molar refractivity (Wildman–Crippen MR) is 268 cm³/mol. The molecule has 0 saturated heterocycles. The Kier molecular flexibility index (Phi) is 9.41. The van der Waals surface area contributed by atoms with E-state index >= 15 is 0 Å². The molecule has 0 atom stereocenters. The highest BCUT2D eigenvalue weighted by molar-refractivity contribution is 7.00. The van der Waals surface area contributed by atoms with Crippen LogP contribution in [0.3, 0.4) is 0 Å². The van der Waals surface area contributed by atoms with Gasteiger partial charge in [-0.1, -0.05) is 105 Å². The van der Waals surface area contributed by atoms with Crippen molar-refractivity contribution in [1.29, 1.82) is 0 Å². The zero-order valence-corrected chi connectivity index (χ0v) is 39.7. The van der Waals surface area contributed by atoms with Crippen LogP contribution < -0.4 is 26.2 Å². The molecule has 2 nitrogen and oxygen atoms in total. The van der Waals surface area contributed by atoms with Crippen LogP contribution in [-0.4, -0.2) is 6.71 Å². The van der Waals surface area contributed by atoms with E-state index in [1.165, 1.54) is 170 Å². The minimum atomic E-state index is 0.104. The summed E-state index contributed by atoms with van der Waals surface area (Å²) in [5.41, 5.74) is 27.0. The Balaban J connectivity index is 1.23. The molecule has 0 aromatic heterocycles. The van der Waals surface area contributed by atoms with Crippen LogP contribution in [0, 0.1) is 6.92 Å². The average Bonchev–Trinajstić information content (AvgIpc) is 3.21. The van der Waals surface area contributed by atoms with Gasteiger partial charge in [0.25, 0.3) is 6.71 Å². The number of anilines is 6. The third kappa shape index (κ3) is 6.39. The Hall–Kier alpha value is -4.24. The number of hydrogen-bond acceptors (Lipinski definition) is 2. The Morgan fingerprint density at radius 2 is 0.823 bits per heavy atom. The van der Waals surface area contributed by atoms with Gasteiger partial charge in [-0.3, -0.25) is 0 Å². The van der Waals surface area contributed by atoms with E-state index in [1.54, 1.807) is 33.4 Å². The van der Waals surface area contributed by atoms with Gasteiger partial charge in [-0.05, 0) is 221 Å². The highest BCUT2D eigenvalue weighted by atomic mass is 15.2. The first-order chi connectivity index (χ1) is 29.6. The second-order valence-corrected chi connectivity index (χ2v) is 23.5. The molecule has 0 saturated carbocycles. The summed E-state index contributed by atoms with van der Waals surface area (Å²) in [4.78, 5) is 5.48. The van der Waals surface area contributed by atoms with Gasteiger partial charge in [0.1, 0.15) is 0 Å². The van der Waals surface area contributed by atoms with Gasteiger partial charge in [0.15, 0.2) is 0 Å². The summed E-state index contributed by atoms with van der Waals surface area (Å²) in [6.45, 7) is 22.5. The fourth-order valence-corrected chi connectivity index (χ4v) is 13.3. The highest BCUT2D eigenvalue weighted by Crippen LogP contribution is 2.53. The van der Waals surface area contributed by atoms with Crippen molar-refractivity contribution in [3.05, 3.63) is 123 Å². The minimum absolute atomic E-state index is 0.104. The molecule has 0 fully saturated rings. The fourth-order valence-electron chi connectivity index (χ4n) is 13.3. The normalized spacial score (nSPS) is 21.3. The van der Waals surface area contributed by atoms with Crippen molar-refractivity contribution < 1.29 is 0 Å². The Bertz CT molecular complexity index is 2640. The molecule has 5 aromatic carbocycles. The van der Waals surface area contributed by atoms with E-state index in [4.69, 9.17) is 0 Å². The van der Waals surface area contributed by atoms with Crippen molar-refractivity contribution in [2.45, 2.75) is 187 Å². The lowest BCUT2D eigenvalue weighted by atomic mass is 9.33. The highest BCUT2D eigenvalue weighted by Gasteiger charge is 2.47. The summed E-state index contributed by atoms with van der Waals surface area (Å²) < 4.78 is 0. The maximum atomic E-state index is 2.74. The molecule has 2 aliphatic heterocycles. The summed E-state index contributed by atoms with van der Waals surface area (Å²) in [6, 6.07) is 31.2. The molecular weight excluding hydrogens is 747 g/mol. The van der Waals surface area contributed by atoms with E-state index in [-0.39, 0.29) is 28.4 Å². The van der Waals surface area contributed by atoms with Crippen LogP contribution in [0.15, 0.2) is 72.8 Å². The first-order valence-corrected chi connectivity index (χ1v) is 25.0. The topological polar surface area (TPSA) is 6.48 Å². The van der Waals surface area contributed by atoms with Gasteiger partial charge < -0.3 is 9.80 Å². The van der Waals surface area contributed by atoms with Gasteiger partial charge in [0.05, 0.1) is 0 Å². The fraction of sp³-hybridized carbons (Fsp3) is 0.492. The molecule has 0 unspecified atom stereocenters. The minimum Gasteiger partial charge on any atom is -0.311 e. The third-order valence-electron chi connectivity index (χ3n) is 17.3. The molecule has 4 aliphatic carbocycles. The van der Waals surface area contributed by atoms with Crippen LogP contribution in [0.5, 0.6) is 0 Å². The largest absolute Gasteiger partial charge is 0.311 e. The van der Waals surface area contributed by atoms with Crippen molar-refractivity contribution in [2.24, 2.45) is 0 Å². The second-order valence-electron chi connectivity index (χ2n) is 23.5. The number of hydrogen-bond donors (Lipinski definition) is 0. The Labute approximate surface area is 375 Å². The second kappa shape index (κ2) is 14.4. The monoisotopic (exact) mass is 819 g/mol. The number of fused-ring (bicyclic) bond motifs is 8. The van der Waals surface area contributed by atoms with Crippen LogP contribution in [0.2, 0.25) is 0 Å². The first-order valence-electron chi connectivity index (χ1n) is 25.0. The summed E-state index contributed by atoms with van der Waals surface area (Å²) in [7, 11) is 0. The molecule has 2 heterocycles. The molecule has 11 rings (SSSR count). The molecule has 0 bridgehead atoms. The van der Waals surface area contributed by atoms with Crippen LogP contribution in [0.1, 0.15) is 183 Å². The van der Waals surface area contributed by atoms with Gasteiger partial charge in [-0.15, -0.1) is 0 Å². The van der Waals surface area contributed by atoms with E-state index in [9.17, 15) is 0 Å². The molecule has 0 radical (unpaired) electrons. The first kappa shape index (κ1) is 40.5. The van der Waals surface area contributed by atoms with Crippen molar-refractivity contribution in [3.8, 4) is 0 Å². The van der Waals surface area contributed by atoms with E-state index in [0.717, 1.165) is 0 Å². The van der Waals surface area contributed by atoms with Crippen molar-refractivity contribution in [2.75, 3.05) is 9.80 Å². The predicted octanol–water partition coefficient (Wildman–Crippen LogP) is 14.1. The van der Waals surface area contributed by atoms with Crippen molar-refractivity contribution >= 4 is 57.2 Å². The van der Waals surface area contributed by atoms with Crippen LogP contribution in [0.25, 0.3) is 0 Å². The lowest BCUT2D eigenvalue weighted by Crippen LogP contribution is -2.62. The zero-order valence-electron chi connectivity index (χ0n) is 39.7. The summed E-state index contributed by atoms with van der Waals surface area (Å²) in [6.07, 6.45) is 20.2. The lowest BCUT2D eigenvalue weighted by Gasteiger charge is -2.48.